The second kappa shape index (κ2) is 9.56. The number of aryl methyl sites for hydroxylation is 1. The van der Waals surface area contributed by atoms with Gasteiger partial charge in [-0.15, -0.1) is 0 Å². The Hall–Kier alpha value is -2.16. The van der Waals surface area contributed by atoms with Crippen molar-refractivity contribution in [1.29, 1.82) is 0 Å². The lowest BCUT2D eigenvalue weighted by Crippen LogP contribution is -2.47. The third kappa shape index (κ3) is 5.68. The number of nitrogens with zero attached hydrogens (tertiary/aromatic N) is 2. The Bertz CT molecular complexity index is 911. The summed E-state index contributed by atoms with van der Waals surface area (Å²) in [6.45, 7) is 6.50. The topological polar surface area (TPSA) is 61.9 Å². The van der Waals surface area contributed by atoms with E-state index in [0.717, 1.165) is 44.9 Å². The molecule has 0 amide bonds. The molecule has 158 valence electrons. The maximum Gasteiger partial charge on any atom is 0.240 e. The molecule has 1 fully saturated rings. The van der Waals surface area contributed by atoms with Gasteiger partial charge in [0.1, 0.15) is 11.6 Å². The van der Waals surface area contributed by atoms with Crippen LogP contribution < -0.4 is 14.4 Å². The molecule has 0 bridgehead atoms. The van der Waals surface area contributed by atoms with Crippen LogP contribution in [0.15, 0.2) is 47.4 Å². The Labute approximate surface area is 172 Å². The Morgan fingerprint density at radius 3 is 2.38 bits per heavy atom. The molecule has 0 aromatic heterocycles. The molecule has 1 N–H and O–H groups in total. The van der Waals surface area contributed by atoms with Gasteiger partial charge in [-0.1, -0.05) is 0 Å². The third-order valence-corrected chi connectivity index (χ3v) is 6.65. The molecule has 2 aromatic rings. The number of rotatable bonds is 8. The average Bonchev–Trinajstić information content (AvgIpc) is 2.73. The van der Waals surface area contributed by atoms with Gasteiger partial charge in [0, 0.05) is 38.4 Å². The molecule has 6 nitrogen and oxygen atoms in total. The highest BCUT2D eigenvalue weighted by Gasteiger charge is 2.18. The fourth-order valence-corrected chi connectivity index (χ4v) is 4.56. The molecule has 0 spiro atoms. The monoisotopic (exact) mass is 421 g/mol. The highest BCUT2D eigenvalue weighted by atomic mass is 32.2. The second-order valence-electron chi connectivity index (χ2n) is 7.19. The third-order valence-electron chi connectivity index (χ3n) is 5.19. The van der Waals surface area contributed by atoms with Crippen molar-refractivity contribution in [3.63, 3.8) is 0 Å². The maximum absolute atomic E-state index is 13.3. The summed E-state index contributed by atoms with van der Waals surface area (Å²) in [6.07, 6.45) is 0.724. The zero-order valence-electron chi connectivity index (χ0n) is 16.9. The molecule has 0 radical (unpaired) electrons. The van der Waals surface area contributed by atoms with Crippen molar-refractivity contribution in [2.75, 3.05) is 51.3 Å². The molecule has 0 atom stereocenters. The van der Waals surface area contributed by atoms with E-state index in [0.29, 0.717) is 12.1 Å². The van der Waals surface area contributed by atoms with E-state index in [1.54, 1.807) is 14.0 Å². The molecule has 0 saturated carbocycles. The minimum atomic E-state index is -3.61. The standard InChI is InChI=1S/C21H28FN3O3S/c1-17-16-20(8-9-21(17)22)29(26,27)23-10-3-11-24-12-14-25(15-13-24)18-4-6-19(28-2)7-5-18/h4-9,16,23H,3,10-15H2,1-2H3. The van der Waals surface area contributed by atoms with Crippen LogP contribution in [0.25, 0.3) is 0 Å². The number of anilines is 1. The normalized spacial score (nSPS) is 15.5. The van der Waals surface area contributed by atoms with Crippen LogP contribution in [0.4, 0.5) is 10.1 Å². The van der Waals surface area contributed by atoms with Crippen LogP contribution in [0, 0.1) is 12.7 Å². The average molecular weight is 422 g/mol. The summed E-state index contributed by atoms with van der Waals surface area (Å²) in [5, 5.41) is 0. The first kappa shape index (κ1) is 21.5. The number of piperazine rings is 1. The van der Waals surface area contributed by atoms with Crippen LogP contribution in [0.2, 0.25) is 0 Å². The number of sulfonamides is 1. The number of hydrogen-bond donors (Lipinski definition) is 1. The number of hydrogen-bond acceptors (Lipinski definition) is 5. The molecule has 0 unspecified atom stereocenters. The van der Waals surface area contributed by atoms with E-state index >= 15 is 0 Å². The van der Waals surface area contributed by atoms with Crippen molar-refractivity contribution in [3.8, 4) is 5.75 Å². The van der Waals surface area contributed by atoms with E-state index in [1.165, 1.54) is 23.9 Å². The minimum absolute atomic E-state index is 0.101. The van der Waals surface area contributed by atoms with E-state index < -0.39 is 15.8 Å². The quantitative estimate of drug-likeness (QED) is 0.664. The molecular weight excluding hydrogens is 393 g/mol. The van der Waals surface area contributed by atoms with Crippen LogP contribution in [0.5, 0.6) is 5.75 Å². The molecular formula is C21H28FN3O3S. The molecule has 29 heavy (non-hydrogen) atoms. The second-order valence-corrected chi connectivity index (χ2v) is 8.96. The number of halogens is 1. The maximum atomic E-state index is 13.3. The molecule has 1 saturated heterocycles. The Morgan fingerprint density at radius 2 is 1.76 bits per heavy atom. The fourth-order valence-electron chi connectivity index (χ4n) is 3.40. The highest BCUT2D eigenvalue weighted by molar-refractivity contribution is 7.89. The van der Waals surface area contributed by atoms with E-state index in [9.17, 15) is 12.8 Å². The molecule has 2 aromatic carbocycles. The van der Waals surface area contributed by atoms with Gasteiger partial charge in [0.05, 0.1) is 12.0 Å². The first-order chi connectivity index (χ1) is 13.9. The van der Waals surface area contributed by atoms with Gasteiger partial charge < -0.3 is 9.64 Å². The zero-order valence-corrected chi connectivity index (χ0v) is 17.7. The highest BCUT2D eigenvalue weighted by Crippen LogP contribution is 2.20. The van der Waals surface area contributed by atoms with Gasteiger partial charge in [-0.2, -0.15) is 0 Å². The largest absolute Gasteiger partial charge is 0.497 e. The molecule has 1 heterocycles. The Morgan fingerprint density at radius 1 is 1.07 bits per heavy atom. The summed E-state index contributed by atoms with van der Waals surface area (Å²) in [5.41, 5.74) is 1.51. The van der Waals surface area contributed by atoms with Crippen LogP contribution in [0.1, 0.15) is 12.0 Å². The minimum Gasteiger partial charge on any atom is -0.497 e. The predicted octanol–water partition coefficient (Wildman–Crippen LogP) is 2.63. The summed E-state index contributed by atoms with van der Waals surface area (Å²) in [7, 11) is -1.95. The zero-order chi connectivity index (χ0) is 20.9. The first-order valence-corrected chi connectivity index (χ1v) is 11.2. The van der Waals surface area contributed by atoms with Crippen molar-refractivity contribution in [1.82, 2.24) is 9.62 Å². The van der Waals surface area contributed by atoms with E-state index in [1.807, 2.05) is 12.1 Å². The van der Waals surface area contributed by atoms with Crippen molar-refractivity contribution in [2.45, 2.75) is 18.2 Å². The van der Waals surface area contributed by atoms with Crippen molar-refractivity contribution >= 4 is 15.7 Å². The van der Waals surface area contributed by atoms with Gasteiger partial charge in [-0.3, -0.25) is 4.90 Å². The summed E-state index contributed by atoms with van der Waals surface area (Å²) in [6, 6.07) is 11.9. The number of nitrogens with one attached hydrogen (secondary N) is 1. The molecule has 1 aliphatic heterocycles. The lowest BCUT2D eigenvalue weighted by Gasteiger charge is -2.36. The lowest BCUT2D eigenvalue weighted by molar-refractivity contribution is 0.255. The summed E-state index contributed by atoms with van der Waals surface area (Å²) >= 11 is 0. The van der Waals surface area contributed by atoms with Crippen LogP contribution in [0.3, 0.4) is 0 Å². The first-order valence-electron chi connectivity index (χ1n) is 9.76. The van der Waals surface area contributed by atoms with Crippen LogP contribution in [-0.4, -0.2) is 59.7 Å². The van der Waals surface area contributed by atoms with Gasteiger partial charge in [-0.25, -0.2) is 17.5 Å². The van der Waals surface area contributed by atoms with Gasteiger partial charge in [-0.05, 0) is 67.9 Å². The SMILES string of the molecule is COc1ccc(N2CCN(CCCNS(=O)(=O)c3ccc(F)c(C)c3)CC2)cc1. The molecule has 0 aliphatic carbocycles. The van der Waals surface area contributed by atoms with Gasteiger partial charge in [0.15, 0.2) is 0 Å². The summed E-state index contributed by atoms with van der Waals surface area (Å²) in [5.74, 6) is 0.448. The van der Waals surface area contributed by atoms with Gasteiger partial charge in [0.25, 0.3) is 0 Å². The van der Waals surface area contributed by atoms with Gasteiger partial charge >= 0.3 is 0 Å². The fraction of sp³-hybridized carbons (Fsp3) is 0.429. The van der Waals surface area contributed by atoms with Gasteiger partial charge in [0.2, 0.25) is 10.0 Å². The van der Waals surface area contributed by atoms with Crippen LogP contribution >= 0.6 is 0 Å². The van der Waals surface area contributed by atoms with Crippen molar-refractivity contribution in [3.05, 3.63) is 53.8 Å². The summed E-state index contributed by atoms with van der Waals surface area (Å²) < 4.78 is 45.8. The molecule has 8 heteroatoms. The van der Waals surface area contributed by atoms with E-state index in [2.05, 4.69) is 26.7 Å². The predicted molar refractivity (Wildman–Crippen MR) is 113 cm³/mol. The Balaban J connectivity index is 1.40. The van der Waals surface area contributed by atoms with E-state index in [4.69, 9.17) is 4.74 Å². The Kier molecular flexibility index (Phi) is 7.10. The number of benzene rings is 2. The number of ether oxygens (including phenoxy) is 1. The smallest absolute Gasteiger partial charge is 0.240 e. The summed E-state index contributed by atoms with van der Waals surface area (Å²) in [4.78, 5) is 4.79. The van der Waals surface area contributed by atoms with E-state index in [-0.39, 0.29) is 4.90 Å². The van der Waals surface area contributed by atoms with Crippen molar-refractivity contribution in [2.24, 2.45) is 0 Å². The van der Waals surface area contributed by atoms with Crippen LogP contribution in [-0.2, 0) is 10.0 Å². The van der Waals surface area contributed by atoms with Crippen molar-refractivity contribution < 1.29 is 17.5 Å². The lowest BCUT2D eigenvalue weighted by atomic mass is 10.2. The molecule has 3 rings (SSSR count). The molecule has 1 aliphatic rings. The number of methoxy groups -OCH3 is 1.